The van der Waals surface area contributed by atoms with Crippen LogP contribution in [0, 0.1) is 23.7 Å². The van der Waals surface area contributed by atoms with Gasteiger partial charge in [0, 0.05) is 12.1 Å². The van der Waals surface area contributed by atoms with Crippen molar-refractivity contribution in [3.8, 4) is 0 Å². The lowest BCUT2D eigenvalue weighted by atomic mass is 9.71. The molecular weight excluding hydrogens is 244 g/mol. The summed E-state index contributed by atoms with van der Waals surface area (Å²) in [6.07, 6.45) is 10.6. The summed E-state index contributed by atoms with van der Waals surface area (Å²) >= 11 is 0. The molecular formula is C18H38N2. The van der Waals surface area contributed by atoms with Gasteiger partial charge in [0.15, 0.2) is 0 Å². The molecule has 0 heterocycles. The van der Waals surface area contributed by atoms with Crippen molar-refractivity contribution < 1.29 is 0 Å². The standard InChI is InChI=1S/C15H30N2.C3H8/c1-10-7-12(3-5-14(10)16)9-13-4-6-15(17)11(2)8-13;1-3-2/h10-15H,3-9,16-17H2,1-2H3;3H2,1-2H3. The zero-order valence-corrected chi connectivity index (χ0v) is 14.3. The summed E-state index contributed by atoms with van der Waals surface area (Å²) in [5.74, 6) is 3.35. The first kappa shape index (κ1) is 18.0. The second kappa shape index (κ2) is 9.04. The fourth-order valence-electron chi connectivity index (χ4n) is 3.96. The summed E-state index contributed by atoms with van der Waals surface area (Å²) in [7, 11) is 0. The topological polar surface area (TPSA) is 52.0 Å². The Balaban J connectivity index is 0.000000612. The summed E-state index contributed by atoms with van der Waals surface area (Å²) in [5.41, 5.74) is 12.2. The molecule has 2 rings (SSSR count). The van der Waals surface area contributed by atoms with Gasteiger partial charge < -0.3 is 11.5 Å². The van der Waals surface area contributed by atoms with Gasteiger partial charge in [-0.15, -0.1) is 0 Å². The van der Waals surface area contributed by atoms with Crippen molar-refractivity contribution in [2.24, 2.45) is 35.1 Å². The first-order chi connectivity index (χ1) is 9.47. The molecule has 0 bridgehead atoms. The molecule has 2 saturated carbocycles. The highest BCUT2D eigenvalue weighted by molar-refractivity contribution is 4.85. The third kappa shape index (κ3) is 5.73. The molecule has 0 aromatic carbocycles. The second-order valence-corrected chi connectivity index (χ2v) is 7.58. The molecule has 0 saturated heterocycles. The SMILES string of the molecule is CC1CC(CC2CCC(N)C(C)C2)CCC1N.CCC. The number of hydrogen-bond donors (Lipinski definition) is 2. The van der Waals surface area contributed by atoms with Gasteiger partial charge in [-0.05, 0) is 68.6 Å². The first-order valence-corrected chi connectivity index (χ1v) is 8.98. The van der Waals surface area contributed by atoms with Gasteiger partial charge in [-0.1, -0.05) is 34.1 Å². The summed E-state index contributed by atoms with van der Waals surface area (Å²) < 4.78 is 0. The molecule has 0 amide bonds. The fourth-order valence-corrected chi connectivity index (χ4v) is 3.96. The molecule has 0 radical (unpaired) electrons. The highest BCUT2D eigenvalue weighted by Gasteiger charge is 2.30. The van der Waals surface area contributed by atoms with Crippen LogP contribution in [-0.4, -0.2) is 12.1 Å². The summed E-state index contributed by atoms with van der Waals surface area (Å²) in [6, 6.07) is 0.926. The highest BCUT2D eigenvalue weighted by atomic mass is 14.7. The number of rotatable bonds is 2. The van der Waals surface area contributed by atoms with Crippen LogP contribution in [0.5, 0.6) is 0 Å². The van der Waals surface area contributed by atoms with E-state index in [1.165, 1.54) is 51.4 Å². The average molecular weight is 283 g/mol. The smallest absolute Gasteiger partial charge is 0.00647 e. The van der Waals surface area contributed by atoms with Crippen molar-refractivity contribution in [3.05, 3.63) is 0 Å². The molecule has 0 aliphatic heterocycles. The maximum absolute atomic E-state index is 6.10. The Labute approximate surface area is 127 Å². The van der Waals surface area contributed by atoms with E-state index >= 15 is 0 Å². The quantitative estimate of drug-likeness (QED) is 0.792. The normalized spacial score (nSPS) is 41.7. The van der Waals surface area contributed by atoms with Crippen LogP contribution in [0.1, 0.15) is 79.1 Å². The zero-order chi connectivity index (χ0) is 15.1. The van der Waals surface area contributed by atoms with Gasteiger partial charge in [0.2, 0.25) is 0 Å². The molecule has 2 nitrogen and oxygen atoms in total. The van der Waals surface area contributed by atoms with Gasteiger partial charge in [-0.2, -0.15) is 0 Å². The maximum Gasteiger partial charge on any atom is 0.00647 e. The van der Waals surface area contributed by atoms with Crippen LogP contribution in [0.15, 0.2) is 0 Å². The lowest BCUT2D eigenvalue weighted by molar-refractivity contribution is 0.169. The molecule has 2 aliphatic rings. The Hall–Kier alpha value is -0.0800. The van der Waals surface area contributed by atoms with Crippen LogP contribution < -0.4 is 11.5 Å². The van der Waals surface area contributed by atoms with Gasteiger partial charge >= 0.3 is 0 Å². The van der Waals surface area contributed by atoms with E-state index in [0.717, 1.165) is 23.7 Å². The first-order valence-electron chi connectivity index (χ1n) is 8.98. The molecule has 120 valence electrons. The Kier molecular flexibility index (Phi) is 8.13. The summed E-state index contributed by atoms with van der Waals surface area (Å²) in [5, 5.41) is 0. The van der Waals surface area contributed by atoms with Crippen molar-refractivity contribution in [2.75, 3.05) is 0 Å². The number of nitrogens with two attached hydrogens (primary N) is 2. The Bertz CT molecular complexity index is 230. The van der Waals surface area contributed by atoms with Crippen LogP contribution in [0.3, 0.4) is 0 Å². The summed E-state index contributed by atoms with van der Waals surface area (Å²) in [4.78, 5) is 0. The van der Waals surface area contributed by atoms with Crippen LogP contribution in [0.25, 0.3) is 0 Å². The van der Waals surface area contributed by atoms with E-state index in [4.69, 9.17) is 11.5 Å². The average Bonchev–Trinajstić information content (AvgIpc) is 2.39. The van der Waals surface area contributed by atoms with Crippen LogP contribution in [-0.2, 0) is 0 Å². The molecule has 6 unspecified atom stereocenters. The molecule has 0 spiro atoms. The zero-order valence-electron chi connectivity index (χ0n) is 14.3. The van der Waals surface area contributed by atoms with Crippen LogP contribution >= 0.6 is 0 Å². The van der Waals surface area contributed by atoms with Gasteiger partial charge in [-0.3, -0.25) is 0 Å². The number of hydrogen-bond acceptors (Lipinski definition) is 2. The molecule has 6 atom stereocenters. The Morgan fingerprint density at radius 1 is 0.750 bits per heavy atom. The third-order valence-corrected chi connectivity index (χ3v) is 5.36. The van der Waals surface area contributed by atoms with Crippen LogP contribution in [0.4, 0.5) is 0 Å². The van der Waals surface area contributed by atoms with Crippen molar-refractivity contribution in [2.45, 2.75) is 91.1 Å². The molecule has 2 heteroatoms. The van der Waals surface area contributed by atoms with Gasteiger partial charge in [0.1, 0.15) is 0 Å². The van der Waals surface area contributed by atoms with E-state index in [9.17, 15) is 0 Å². The monoisotopic (exact) mass is 282 g/mol. The molecule has 2 aliphatic carbocycles. The molecule has 2 fully saturated rings. The Morgan fingerprint density at radius 2 is 1.10 bits per heavy atom. The van der Waals surface area contributed by atoms with E-state index < -0.39 is 0 Å². The predicted octanol–water partition coefficient (Wildman–Crippen LogP) is 4.32. The van der Waals surface area contributed by atoms with Crippen LogP contribution in [0.2, 0.25) is 0 Å². The summed E-state index contributed by atoms with van der Waals surface area (Å²) in [6.45, 7) is 8.91. The highest BCUT2D eigenvalue weighted by Crippen LogP contribution is 2.38. The minimum Gasteiger partial charge on any atom is -0.327 e. The van der Waals surface area contributed by atoms with Crippen molar-refractivity contribution in [1.29, 1.82) is 0 Å². The third-order valence-electron chi connectivity index (χ3n) is 5.36. The van der Waals surface area contributed by atoms with E-state index in [1.54, 1.807) is 0 Å². The van der Waals surface area contributed by atoms with Crippen molar-refractivity contribution in [3.63, 3.8) is 0 Å². The lowest BCUT2D eigenvalue weighted by Gasteiger charge is -2.37. The second-order valence-electron chi connectivity index (χ2n) is 7.58. The lowest BCUT2D eigenvalue weighted by Crippen LogP contribution is -2.37. The van der Waals surface area contributed by atoms with E-state index in [0.29, 0.717) is 12.1 Å². The fraction of sp³-hybridized carbons (Fsp3) is 1.00. The van der Waals surface area contributed by atoms with Gasteiger partial charge in [-0.25, -0.2) is 0 Å². The molecule has 20 heavy (non-hydrogen) atoms. The van der Waals surface area contributed by atoms with Crippen molar-refractivity contribution in [1.82, 2.24) is 0 Å². The Morgan fingerprint density at radius 3 is 1.40 bits per heavy atom. The molecule has 0 aromatic rings. The molecule has 0 aromatic heterocycles. The van der Waals surface area contributed by atoms with Crippen molar-refractivity contribution >= 4 is 0 Å². The van der Waals surface area contributed by atoms with Gasteiger partial charge in [0.25, 0.3) is 0 Å². The van der Waals surface area contributed by atoms with E-state index in [1.807, 2.05) is 0 Å². The van der Waals surface area contributed by atoms with Gasteiger partial charge in [0.05, 0.1) is 0 Å². The van der Waals surface area contributed by atoms with E-state index in [2.05, 4.69) is 27.7 Å². The minimum atomic E-state index is 0.463. The minimum absolute atomic E-state index is 0.463. The molecule has 4 N–H and O–H groups in total. The van der Waals surface area contributed by atoms with E-state index in [-0.39, 0.29) is 0 Å². The predicted molar refractivity (Wildman–Crippen MR) is 89.5 cm³/mol. The largest absolute Gasteiger partial charge is 0.327 e. The maximum atomic E-state index is 6.10.